The van der Waals surface area contributed by atoms with Crippen LogP contribution in [0.2, 0.25) is 0 Å². The van der Waals surface area contributed by atoms with Crippen LogP contribution in [0.15, 0.2) is 0 Å². The summed E-state index contributed by atoms with van der Waals surface area (Å²) in [6.45, 7) is 3.41. The van der Waals surface area contributed by atoms with Gasteiger partial charge in [-0.15, -0.1) is 0 Å². The summed E-state index contributed by atoms with van der Waals surface area (Å²) >= 11 is 0. The molecule has 26 heavy (non-hydrogen) atoms. The Bertz CT molecular complexity index is 525. The van der Waals surface area contributed by atoms with Gasteiger partial charge in [-0.3, -0.25) is 9.13 Å². The predicted molar refractivity (Wildman–Crippen MR) is 74.3 cm³/mol. The van der Waals surface area contributed by atoms with E-state index in [0.29, 0.717) is 12.8 Å². The summed E-state index contributed by atoms with van der Waals surface area (Å²) in [6, 6.07) is 0. The SMILES string of the molecule is CCCP(=O)(O)OP(=O)(O)CCC.O=C(OC(=O)C(F)(F)F)C(F)(F)F. The van der Waals surface area contributed by atoms with E-state index in [1.807, 2.05) is 0 Å². The quantitative estimate of drug-likeness (QED) is 0.279. The summed E-state index contributed by atoms with van der Waals surface area (Å²) in [4.78, 5) is 37.5. The van der Waals surface area contributed by atoms with Crippen molar-refractivity contribution in [2.75, 3.05) is 12.3 Å². The van der Waals surface area contributed by atoms with Crippen molar-refractivity contribution < 1.29 is 63.9 Å². The Balaban J connectivity index is 0. The Morgan fingerprint density at radius 2 is 1.08 bits per heavy atom. The molecule has 0 saturated carbocycles. The Kier molecular flexibility index (Phi) is 10.9. The van der Waals surface area contributed by atoms with Crippen LogP contribution in [0.1, 0.15) is 26.7 Å². The Labute approximate surface area is 143 Å². The maximum absolute atomic E-state index is 11.2. The molecule has 156 valence electrons. The van der Waals surface area contributed by atoms with Gasteiger partial charge in [-0.1, -0.05) is 13.8 Å². The zero-order valence-electron chi connectivity index (χ0n) is 13.3. The zero-order valence-corrected chi connectivity index (χ0v) is 15.1. The number of carbonyl (C=O) groups is 2. The second-order valence-electron chi connectivity index (χ2n) is 4.48. The first kappa shape index (κ1) is 27.3. The molecule has 2 N–H and O–H groups in total. The van der Waals surface area contributed by atoms with Gasteiger partial charge in [0.25, 0.3) is 0 Å². The number of alkyl halides is 6. The molecule has 0 aromatic heterocycles. The fraction of sp³-hybridized carbons (Fsp3) is 0.800. The maximum atomic E-state index is 11.2. The van der Waals surface area contributed by atoms with Crippen molar-refractivity contribution >= 4 is 27.1 Å². The molecule has 16 heteroatoms. The fourth-order valence-electron chi connectivity index (χ4n) is 1.05. The number of rotatable bonds is 6. The fourth-order valence-corrected chi connectivity index (χ4v) is 4.42. The van der Waals surface area contributed by atoms with E-state index in [2.05, 4.69) is 9.05 Å². The first-order valence-corrected chi connectivity index (χ1v) is 10.2. The second kappa shape index (κ2) is 10.4. The summed E-state index contributed by atoms with van der Waals surface area (Å²) < 4.78 is 96.2. The molecule has 0 aliphatic rings. The van der Waals surface area contributed by atoms with Crippen LogP contribution < -0.4 is 0 Å². The van der Waals surface area contributed by atoms with E-state index in [4.69, 9.17) is 9.79 Å². The van der Waals surface area contributed by atoms with E-state index in [1.165, 1.54) is 0 Å². The molecule has 0 aliphatic carbocycles. The van der Waals surface area contributed by atoms with Crippen LogP contribution in [0.25, 0.3) is 0 Å². The lowest BCUT2D eigenvalue weighted by Crippen LogP contribution is -2.34. The average Bonchev–Trinajstić information content (AvgIpc) is 2.34. The van der Waals surface area contributed by atoms with Crippen molar-refractivity contribution in [3.8, 4) is 0 Å². The van der Waals surface area contributed by atoms with Gasteiger partial charge < -0.3 is 14.5 Å². The molecule has 8 nitrogen and oxygen atoms in total. The molecular formula is C10H16F6O8P2. The molecule has 2 unspecified atom stereocenters. The van der Waals surface area contributed by atoms with Crippen molar-refractivity contribution in [1.29, 1.82) is 0 Å². The van der Waals surface area contributed by atoms with Crippen LogP contribution in [0, 0.1) is 0 Å². The summed E-state index contributed by atoms with van der Waals surface area (Å²) in [7, 11) is -7.71. The van der Waals surface area contributed by atoms with E-state index >= 15 is 0 Å². The van der Waals surface area contributed by atoms with E-state index in [-0.39, 0.29) is 12.3 Å². The van der Waals surface area contributed by atoms with Crippen molar-refractivity contribution in [2.45, 2.75) is 39.0 Å². The minimum atomic E-state index is -5.62. The number of esters is 2. The number of hydrogen-bond acceptors (Lipinski definition) is 6. The summed E-state index contributed by atoms with van der Waals surface area (Å²) in [6.07, 6.45) is -10.5. The molecular weight excluding hydrogens is 424 g/mol. The topological polar surface area (TPSA) is 127 Å². The lowest BCUT2D eigenvalue weighted by Gasteiger charge is -2.15. The van der Waals surface area contributed by atoms with Gasteiger partial charge >= 0.3 is 39.5 Å². The molecule has 0 amide bonds. The minimum Gasteiger partial charge on any atom is -0.380 e. The third-order valence-corrected chi connectivity index (χ3v) is 5.98. The molecule has 0 heterocycles. The highest BCUT2D eigenvalue weighted by Crippen LogP contribution is 2.59. The van der Waals surface area contributed by atoms with Gasteiger partial charge in [0.05, 0.1) is 12.3 Å². The molecule has 0 fully saturated rings. The first-order valence-electron chi connectivity index (χ1n) is 6.63. The van der Waals surface area contributed by atoms with Gasteiger partial charge in [0, 0.05) is 0 Å². The number of carbonyl (C=O) groups excluding carboxylic acids is 2. The zero-order chi connectivity index (χ0) is 21.4. The molecule has 0 aromatic carbocycles. The van der Waals surface area contributed by atoms with Gasteiger partial charge in [0.15, 0.2) is 0 Å². The van der Waals surface area contributed by atoms with Crippen LogP contribution in [-0.2, 0) is 27.8 Å². The molecule has 2 atom stereocenters. The van der Waals surface area contributed by atoms with Gasteiger partial charge in [-0.05, 0) is 12.8 Å². The standard InChI is InChI=1S/C6H16O5P2.C4F6O3/c1-3-5-12(7,8)11-13(9,10)6-4-2;5-3(6,7)1(11)13-2(12)4(8,9)10/h3-6H2,1-2H3,(H,7,8)(H,9,10);. The smallest absolute Gasteiger partial charge is 0.380 e. The van der Waals surface area contributed by atoms with Crippen LogP contribution in [-0.4, -0.2) is 46.4 Å². The van der Waals surface area contributed by atoms with Crippen LogP contribution in [0.4, 0.5) is 26.3 Å². The first-order chi connectivity index (χ1) is 11.4. The molecule has 0 radical (unpaired) electrons. The normalized spacial score (nSPS) is 16.5. The van der Waals surface area contributed by atoms with Crippen LogP contribution in [0.3, 0.4) is 0 Å². The van der Waals surface area contributed by atoms with Gasteiger partial charge in [0.2, 0.25) is 0 Å². The van der Waals surface area contributed by atoms with Gasteiger partial charge in [-0.2, -0.15) is 26.3 Å². The largest absolute Gasteiger partial charge is 0.491 e. The molecule has 0 rings (SSSR count). The van der Waals surface area contributed by atoms with Crippen molar-refractivity contribution in [1.82, 2.24) is 0 Å². The maximum Gasteiger partial charge on any atom is 0.491 e. The van der Waals surface area contributed by atoms with Gasteiger partial charge in [0.1, 0.15) is 0 Å². The third kappa shape index (κ3) is 13.3. The molecule has 0 aromatic rings. The lowest BCUT2D eigenvalue weighted by molar-refractivity contribution is -0.221. The van der Waals surface area contributed by atoms with E-state index < -0.39 is 39.5 Å². The number of hydrogen-bond donors (Lipinski definition) is 2. The second-order valence-corrected chi connectivity index (χ2v) is 8.57. The highest BCUT2D eigenvalue weighted by atomic mass is 31.3. The average molecular weight is 440 g/mol. The van der Waals surface area contributed by atoms with Crippen LogP contribution >= 0.6 is 15.2 Å². The van der Waals surface area contributed by atoms with Crippen molar-refractivity contribution in [2.24, 2.45) is 0 Å². The van der Waals surface area contributed by atoms with E-state index in [0.717, 1.165) is 0 Å². The van der Waals surface area contributed by atoms with Gasteiger partial charge in [-0.25, -0.2) is 13.9 Å². The number of halogens is 6. The predicted octanol–water partition coefficient (Wildman–Crippen LogP) is 3.37. The summed E-state index contributed by atoms with van der Waals surface area (Å²) in [5.41, 5.74) is 0. The van der Waals surface area contributed by atoms with E-state index in [1.54, 1.807) is 13.8 Å². The Morgan fingerprint density at radius 3 is 1.27 bits per heavy atom. The minimum absolute atomic E-state index is 0.0821. The molecule has 0 spiro atoms. The van der Waals surface area contributed by atoms with Crippen LogP contribution in [0.5, 0.6) is 0 Å². The lowest BCUT2D eigenvalue weighted by atomic mass is 10.6. The highest BCUT2D eigenvalue weighted by Gasteiger charge is 2.49. The van der Waals surface area contributed by atoms with Crippen molar-refractivity contribution in [3.05, 3.63) is 0 Å². The molecule has 0 saturated heterocycles. The third-order valence-electron chi connectivity index (χ3n) is 1.92. The molecule has 0 bridgehead atoms. The Morgan fingerprint density at radius 1 is 0.808 bits per heavy atom. The highest BCUT2D eigenvalue weighted by molar-refractivity contribution is 7.66. The Hall–Kier alpha value is -0.940. The number of ether oxygens (including phenoxy) is 1. The monoisotopic (exact) mass is 440 g/mol. The summed E-state index contributed by atoms with van der Waals surface area (Å²) in [5.74, 6) is -6.40. The van der Waals surface area contributed by atoms with E-state index in [9.17, 15) is 45.1 Å². The summed E-state index contributed by atoms with van der Waals surface area (Å²) in [5, 5.41) is 0. The van der Waals surface area contributed by atoms with Crippen molar-refractivity contribution in [3.63, 3.8) is 0 Å². The molecule has 0 aliphatic heterocycles.